The first-order valence-electron chi connectivity index (χ1n) is 4.20. The van der Waals surface area contributed by atoms with E-state index in [2.05, 4.69) is 5.32 Å². The van der Waals surface area contributed by atoms with E-state index in [1.807, 2.05) is 19.1 Å². The van der Waals surface area contributed by atoms with Crippen LogP contribution in [0.1, 0.15) is 11.5 Å². The van der Waals surface area contributed by atoms with Crippen LogP contribution in [-0.4, -0.2) is 24.8 Å². The molecule has 0 bridgehead atoms. The van der Waals surface area contributed by atoms with E-state index in [0.29, 0.717) is 6.54 Å². The number of aliphatic hydroxyl groups excluding tert-OH is 1. The number of hydrogen-bond acceptors (Lipinski definition) is 3. The van der Waals surface area contributed by atoms with Gasteiger partial charge < -0.3 is 14.8 Å². The monoisotopic (exact) mass is 169 g/mol. The Labute approximate surface area is 72.4 Å². The van der Waals surface area contributed by atoms with E-state index in [1.54, 1.807) is 0 Å². The first kappa shape index (κ1) is 9.29. The van der Waals surface area contributed by atoms with Crippen molar-refractivity contribution in [2.24, 2.45) is 0 Å². The Bertz CT molecular complexity index is 220. The molecule has 0 radical (unpaired) electrons. The smallest absolute Gasteiger partial charge is 0.105 e. The van der Waals surface area contributed by atoms with Crippen molar-refractivity contribution in [3.8, 4) is 0 Å². The minimum absolute atomic E-state index is 0.192. The van der Waals surface area contributed by atoms with Gasteiger partial charge >= 0.3 is 0 Å². The summed E-state index contributed by atoms with van der Waals surface area (Å²) >= 11 is 0. The van der Waals surface area contributed by atoms with Crippen molar-refractivity contribution in [3.05, 3.63) is 23.7 Å². The molecular weight excluding hydrogens is 154 g/mol. The molecule has 1 heterocycles. The SMILES string of the molecule is Cc1ccc(CCNCCO)o1. The van der Waals surface area contributed by atoms with Gasteiger partial charge in [0.25, 0.3) is 0 Å². The predicted octanol–water partition coefficient (Wildman–Crippen LogP) is 0.712. The number of hydrogen-bond donors (Lipinski definition) is 2. The summed E-state index contributed by atoms with van der Waals surface area (Å²) in [6, 6.07) is 3.94. The van der Waals surface area contributed by atoms with Gasteiger partial charge in [-0.3, -0.25) is 0 Å². The molecule has 0 aliphatic heterocycles. The summed E-state index contributed by atoms with van der Waals surface area (Å²) in [5.74, 6) is 1.95. The van der Waals surface area contributed by atoms with Crippen molar-refractivity contribution in [1.82, 2.24) is 5.32 Å². The Balaban J connectivity index is 2.15. The van der Waals surface area contributed by atoms with Crippen molar-refractivity contribution in [2.45, 2.75) is 13.3 Å². The summed E-state index contributed by atoms with van der Waals surface area (Å²) in [5, 5.41) is 11.6. The second-order valence-corrected chi connectivity index (χ2v) is 2.74. The molecule has 12 heavy (non-hydrogen) atoms. The van der Waals surface area contributed by atoms with Gasteiger partial charge in [0.05, 0.1) is 6.61 Å². The van der Waals surface area contributed by atoms with E-state index >= 15 is 0 Å². The van der Waals surface area contributed by atoms with Gasteiger partial charge in [-0.25, -0.2) is 0 Å². The zero-order valence-electron chi connectivity index (χ0n) is 7.34. The topological polar surface area (TPSA) is 45.4 Å². The lowest BCUT2D eigenvalue weighted by molar-refractivity contribution is 0.292. The first-order chi connectivity index (χ1) is 5.83. The fourth-order valence-corrected chi connectivity index (χ4v) is 1.04. The molecule has 0 amide bonds. The van der Waals surface area contributed by atoms with Gasteiger partial charge in [0, 0.05) is 19.5 Å². The Morgan fingerprint density at radius 2 is 2.25 bits per heavy atom. The molecule has 1 aromatic heterocycles. The van der Waals surface area contributed by atoms with Crippen molar-refractivity contribution < 1.29 is 9.52 Å². The highest BCUT2D eigenvalue weighted by atomic mass is 16.3. The Morgan fingerprint density at radius 1 is 1.42 bits per heavy atom. The number of aryl methyl sites for hydroxylation is 1. The molecule has 3 heteroatoms. The van der Waals surface area contributed by atoms with E-state index in [-0.39, 0.29) is 6.61 Å². The van der Waals surface area contributed by atoms with E-state index in [4.69, 9.17) is 9.52 Å². The summed E-state index contributed by atoms with van der Waals surface area (Å²) < 4.78 is 5.36. The lowest BCUT2D eigenvalue weighted by atomic mass is 10.3. The second-order valence-electron chi connectivity index (χ2n) is 2.74. The Morgan fingerprint density at radius 3 is 2.83 bits per heavy atom. The van der Waals surface area contributed by atoms with E-state index in [9.17, 15) is 0 Å². The molecule has 0 aliphatic rings. The van der Waals surface area contributed by atoms with Gasteiger partial charge in [-0.2, -0.15) is 0 Å². The van der Waals surface area contributed by atoms with Crippen molar-refractivity contribution in [3.63, 3.8) is 0 Å². The number of aliphatic hydroxyl groups is 1. The van der Waals surface area contributed by atoms with Gasteiger partial charge in [0.15, 0.2) is 0 Å². The van der Waals surface area contributed by atoms with Crippen LogP contribution in [0.2, 0.25) is 0 Å². The molecule has 0 aliphatic carbocycles. The molecule has 0 unspecified atom stereocenters. The molecule has 2 N–H and O–H groups in total. The van der Waals surface area contributed by atoms with Crippen molar-refractivity contribution >= 4 is 0 Å². The fraction of sp³-hybridized carbons (Fsp3) is 0.556. The molecule has 0 spiro atoms. The number of nitrogens with one attached hydrogen (secondary N) is 1. The molecular formula is C9H15NO2. The largest absolute Gasteiger partial charge is 0.466 e. The number of furan rings is 1. The lowest BCUT2D eigenvalue weighted by Gasteiger charge is -1.99. The van der Waals surface area contributed by atoms with Gasteiger partial charge in [0.1, 0.15) is 11.5 Å². The third-order valence-corrected chi connectivity index (χ3v) is 1.63. The maximum absolute atomic E-state index is 8.48. The van der Waals surface area contributed by atoms with Crippen LogP contribution in [0.15, 0.2) is 16.5 Å². The second kappa shape index (κ2) is 4.95. The Kier molecular flexibility index (Phi) is 3.84. The Hall–Kier alpha value is -0.800. The molecule has 1 aromatic rings. The third-order valence-electron chi connectivity index (χ3n) is 1.63. The van der Waals surface area contributed by atoms with E-state index < -0.39 is 0 Å². The van der Waals surface area contributed by atoms with Crippen LogP contribution in [0.25, 0.3) is 0 Å². The average Bonchev–Trinajstić information content (AvgIpc) is 2.45. The highest BCUT2D eigenvalue weighted by Gasteiger charge is 1.96. The summed E-state index contributed by atoms with van der Waals surface area (Å²) in [5.41, 5.74) is 0. The van der Waals surface area contributed by atoms with Crippen LogP contribution >= 0.6 is 0 Å². The zero-order valence-corrected chi connectivity index (χ0v) is 7.34. The predicted molar refractivity (Wildman–Crippen MR) is 47.1 cm³/mol. The minimum Gasteiger partial charge on any atom is -0.466 e. The fourth-order valence-electron chi connectivity index (χ4n) is 1.04. The number of rotatable bonds is 5. The van der Waals surface area contributed by atoms with Crippen LogP contribution in [0.3, 0.4) is 0 Å². The van der Waals surface area contributed by atoms with Crippen molar-refractivity contribution in [1.29, 1.82) is 0 Å². The van der Waals surface area contributed by atoms with E-state index in [0.717, 1.165) is 24.5 Å². The zero-order chi connectivity index (χ0) is 8.81. The molecule has 0 saturated carbocycles. The molecule has 0 fully saturated rings. The maximum Gasteiger partial charge on any atom is 0.105 e. The molecule has 68 valence electrons. The summed E-state index contributed by atoms with van der Waals surface area (Å²) in [7, 11) is 0. The third kappa shape index (κ3) is 3.07. The molecule has 0 atom stereocenters. The lowest BCUT2D eigenvalue weighted by Crippen LogP contribution is -2.20. The summed E-state index contributed by atoms with van der Waals surface area (Å²) in [4.78, 5) is 0. The van der Waals surface area contributed by atoms with Crippen molar-refractivity contribution in [2.75, 3.05) is 19.7 Å². The molecule has 3 nitrogen and oxygen atoms in total. The highest BCUT2D eigenvalue weighted by Crippen LogP contribution is 2.05. The first-order valence-corrected chi connectivity index (χ1v) is 4.20. The molecule has 1 rings (SSSR count). The van der Waals surface area contributed by atoms with Gasteiger partial charge in [-0.05, 0) is 19.1 Å². The summed E-state index contributed by atoms with van der Waals surface area (Å²) in [6.07, 6.45) is 0.883. The van der Waals surface area contributed by atoms with E-state index in [1.165, 1.54) is 0 Å². The highest BCUT2D eigenvalue weighted by molar-refractivity contribution is 5.05. The quantitative estimate of drug-likeness (QED) is 0.638. The minimum atomic E-state index is 0.192. The van der Waals surface area contributed by atoms with Gasteiger partial charge in [-0.1, -0.05) is 0 Å². The average molecular weight is 169 g/mol. The van der Waals surface area contributed by atoms with Crippen LogP contribution in [-0.2, 0) is 6.42 Å². The molecule has 0 saturated heterocycles. The van der Waals surface area contributed by atoms with Crippen LogP contribution in [0, 0.1) is 6.92 Å². The normalized spacial score (nSPS) is 10.5. The van der Waals surface area contributed by atoms with Crippen LogP contribution in [0.4, 0.5) is 0 Å². The van der Waals surface area contributed by atoms with Crippen LogP contribution < -0.4 is 5.32 Å². The molecule has 0 aromatic carbocycles. The van der Waals surface area contributed by atoms with Crippen LogP contribution in [0.5, 0.6) is 0 Å². The van der Waals surface area contributed by atoms with Gasteiger partial charge in [0.2, 0.25) is 0 Å². The van der Waals surface area contributed by atoms with Gasteiger partial charge in [-0.15, -0.1) is 0 Å². The standard InChI is InChI=1S/C9H15NO2/c1-8-2-3-9(12-8)4-5-10-6-7-11/h2-3,10-11H,4-7H2,1H3. The summed E-state index contributed by atoms with van der Waals surface area (Å²) in [6.45, 7) is 3.63. The maximum atomic E-state index is 8.48.